The molecule has 4 aromatic rings. The maximum Gasteiger partial charge on any atom is 0.170 e. The number of hydrogen-bond acceptors (Lipinski definition) is 5. The lowest BCUT2D eigenvalue weighted by Gasteiger charge is -2.17. The molecule has 3 heterocycles. The summed E-state index contributed by atoms with van der Waals surface area (Å²) in [7, 11) is 0. The summed E-state index contributed by atoms with van der Waals surface area (Å²) in [4.78, 5) is 1.47. The van der Waals surface area contributed by atoms with E-state index < -0.39 is 11.6 Å². The van der Waals surface area contributed by atoms with Crippen molar-refractivity contribution in [2.75, 3.05) is 0 Å². The first-order valence-corrected chi connectivity index (χ1v) is 32.0. The maximum atomic E-state index is 16.8. The van der Waals surface area contributed by atoms with Crippen LogP contribution >= 0.6 is 66.3 Å². The SMILES string of the molecule is CCCCCCCCCCCC(CCCCCCCCC)Cc1cc(-c2c(F)c(F)c(-c3cc(CC(CCCCCCCCC)CCCCCCCCCCC)c(Br)s3)c3nsnc23)sc1Br. The van der Waals surface area contributed by atoms with Gasteiger partial charge in [0.1, 0.15) is 11.0 Å². The van der Waals surface area contributed by atoms with E-state index in [1.165, 1.54) is 265 Å². The van der Waals surface area contributed by atoms with Gasteiger partial charge in [-0.25, -0.2) is 8.78 Å². The molecule has 2 nitrogen and oxygen atoms in total. The smallest absolute Gasteiger partial charge is 0.170 e. The molecular formula is C58H92Br2F2N2S3. The fourth-order valence-electron chi connectivity index (χ4n) is 10.3. The van der Waals surface area contributed by atoms with Gasteiger partial charge in [-0.1, -0.05) is 259 Å². The van der Waals surface area contributed by atoms with Crippen LogP contribution in [0.1, 0.15) is 270 Å². The third-order valence-corrected chi connectivity index (χ3v) is 19.0. The number of fused-ring (bicyclic) bond motifs is 1. The zero-order valence-corrected chi connectivity index (χ0v) is 48.4. The van der Waals surface area contributed by atoms with Crippen LogP contribution in [0, 0.1) is 23.5 Å². The van der Waals surface area contributed by atoms with Crippen LogP contribution in [-0.4, -0.2) is 8.75 Å². The minimum absolute atomic E-state index is 0.260. The molecule has 0 aliphatic carbocycles. The summed E-state index contributed by atoms with van der Waals surface area (Å²) in [5.41, 5.74) is 3.89. The highest BCUT2D eigenvalue weighted by Crippen LogP contribution is 2.47. The van der Waals surface area contributed by atoms with E-state index >= 15 is 8.78 Å². The number of unbranched alkanes of at least 4 members (excludes halogenated alkanes) is 28. The molecule has 0 aliphatic heterocycles. The van der Waals surface area contributed by atoms with Gasteiger partial charge in [0.25, 0.3) is 0 Å². The lowest BCUT2D eigenvalue weighted by atomic mass is 9.89. The lowest BCUT2D eigenvalue weighted by molar-refractivity contribution is 0.400. The van der Waals surface area contributed by atoms with Crippen molar-refractivity contribution in [2.45, 2.75) is 272 Å². The highest BCUT2D eigenvalue weighted by Gasteiger charge is 2.28. The van der Waals surface area contributed by atoms with E-state index in [1.807, 2.05) is 0 Å². The summed E-state index contributed by atoms with van der Waals surface area (Å²) in [6, 6.07) is 4.25. The summed E-state index contributed by atoms with van der Waals surface area (Å²) >= 11 is 11.9. The first-order chi connectivity index (χ1) is 32.8. The second-order valence-corrected chi connectivity index (χ2v) is 25.6. The van der Waals surface area contributed by atoms with Gasteiger partial charge < -0.3 is 0 Å². The average molecular weight is 1110 g/mol. The molecule has 67 heavy (non-hydrogen) atoms. The van der Waals surface area contributed by atoms with E-state index in [-0.39, 0.29) is 11.1 Å². The van der Waals surface area contributed by atoms with Crippen molar-refractivity contribution >= 4 is 77.3 Å². The Balaban J connectivity index is 1.47. The molecule has 3 aromatic heterocycles. The van der Waals surface area contributed by atoms with Gasteiger partial charge >= 0.3 is 0 Å². The fourth-order valence-corrected chi connectivity index (χ4v) is 14.4. The van der Waals surface area contributed by atoms with Gasteiger partial charge in [-0.15, -0.1) is 22.7 Å². The fraction of sp³-hybridized carbons (Fsp3) is 0.759. The Hall–Kier alpha value is -0.740. The van der Waals surface area contributed by atoms with Gasteiger partial charge in [-0.3, -0.25) is 0 Å². The van der Waals surface area contributed by atoms with E-state index in [0.29, 0.717) is 22.9 Å². The minimum Gasteiger partial charge on any atom is -0.203 e. The molecule has 0 radical (unpaired) electrons. The van der Waals surface area contributed by atoms with Crippen molar-refractivity contribution in [1.82, 2.24) is 8.75 Å². The molecule has 0 fully saturated rings. The Kier molecular flexibility index (Phi) is 31.8. The van der Waals surface area contributed by atoms with Crippen LogP contribution in [0.4, 0.5) is 8.78 Å². The zero-order valence-electron chi connectivity index (χ0n) is 42.8. The first-order valence-electron chi connectivity index (χ1n) is 28.0. The Morgan fingerprint density at radius 2 is 0.657 bits per heavy atom. The third kappa shape index (κ3) is 21.9. The molecule has 1 aromatic carbocycles. The van der Waals surface area contributed by atoms with Crippen molar-refractivity contribution in [1.29, 1.82) is 0 Å². The number of nitrogens with zero attached hydrogens (tertiary/aromatic N) is 2. The molecule has 9 heteroatoms. The molecule has 0 aliphatic rings. The van der Waals surface area contributed by atoms with Crippen LogP contribution < -0.4 is 0 Å². The van der Waals surface area contributed by atoms with Crippen LogP contribution in [0.3, 0.4) is 0 Å². The van der Waals surface area contributed by atoms with Crippen LogP contribution in [-0.2, 0) is 12.8 Å². The standard InChI is InChI=1S/C58H92Br2F2N2S3/c1-5-9-13-17-21-23-27-31-35-39-45(37-33-29-25-19-15-11-7-3)41-47-43-49(65-57(47)59)51-53(61)54(62)52(56-55(51)63-67-64-56)50-44-48(58(60)66-50)42-46(38-34-30-26-20-16-12-8-4)40-36-32-28-24-22-18-14-10-6-2/h43-46H,5-42H2,1-4H3. The third-order valence-electron chi connectivity index (χ3n) is 14.5. The molecule has 2 unspecified atom stereocenters. The lowest BCUT2D eigenvalue weighted by Crippen LogP contribution is -2.05. The van der Waals surface area contributed by atoms with Crippen LogP contribution in [0.2, 0.25) is 0 Å². The van der Waals surface area contributed by atoms with Crippen LogP contribution in [0.5, 0.6) is 0 Å². The van der Waals surface area contributed by atoms with Gasteiger partial charge in [0.2, 0.25) is 0 Å². The topological polar surface area (TPSA) is 25.8 Å². The number of thiophene rings is 2. The Labute approximate surface area is 438 Å². The summed E-state index contributed by atoms with van der Waals surface area (Å²) in [5.74, 6) is -0.428. The van der Waals surface area contributed by atoms with Gasteiger partial charge in [-0.05, 0) is 79.8 Å². The average Bonchev–Trinajstić information content (AvgIpc) is 4.05. The summed E-state index contributed by atoms with van der Waals surface area (Å²) in [6.07, 6.45) is 49.5. The Morgan fingerprint density at radius 3 is 0.925 bits per heavy atom. The molecular weight excluding hydrogens is 1020 g/mol. The molecule has 380 valence electrons. The molecule has 0 N–H and O–H groups in total. The van der Waals surface area contributed by atoms with E-state index in [4.69, 9.17) is 0 Å². The second kappa shape index (κ2) is 36.2. The van der Waals surface area contributed by atoms with E-state index in [2.05, 4.69) is 80.4 Å². The maximum absolute atomic E-state index is 16.8. The van der Waals surface area contributed by atoms with Crippen LogP contribution in [0.15, 0.2) is 19.7 Å². The van der Waals surface area contributed by atoms with Gasteiger partial charge in [0.05, 0.1) is 30.4 Å². The molecule has 0 saturated carbocycles. The Bertz CT molecular complexity index is 1740. The summed E-state index contributed by atoms with van der Waals surface area (Å²) < 4.78 is 44.9. The number of halogens is 4. The quantitative estimate of drug-likeness (QED) is 0.0413. The summed E-state index contributed by atoms with van der Waals surface area (Å²) in [5, 5.41) is 0. The predicted octanol–water partition coefficient (Wildman–Crippen LogP) is 23.4. The van der Waals surface area contributed by atoms with E-state index in [1.54, 1.807) is 0 Å². The largest absolute Gasteiger partial charge is 0.203 e. The van der Waals surface area contributed by atoms with E-state index in [0.717, 1.165) is 41.9 Å². The zero-order chi connectivity index (χ0) is 47.9. The first kappa shape index (κ1) is 58.8. The highest BCUT2D eigenvalue weighted by atomic mass is 79.9. The van der Waals surface area contributed by atoms with Crippen molar-refractivity contribution < 1.29 is 8.78 Å². The van der Waals surface area contributed by atoms with Crippen molar-refractivity contribution in [3.63, 3.8) is 0 Å². The van der Waals surface area contributed by atoms with Crippen LogP contribution in [0.25, 0.3) is 31.9 Å². The molecule has 4 rings (SSSR count). The second-order valence-electron chi connectivity index (χ2n) is 20.4. The monoisotopic (exact) mass is 1110 g/mol. The van der Waals surface area contributed by atoms with Crippen molar-refractivity contribution in [3.05, 3.63) is 42.5 Å². The van der Waals surface area contributed by atoms with Gasteiger partial charge in [0.15, 0.2) is 11.6 Å². The minimum atomic E-state index is -0.807. The van der Waals surface area contributed by atoms with E-state index in [9.17, 15) is 0 Å². The molecule has 0 amide bonds. The Morgan fingerprint density at radius 1 is 0.403 bits per heavy atom. The molecule has 0 spiro atoms. The number of benzene rings is 1. The van der Waals surface area contributed by atoms with Crippen molar-refractivity contribution in [3.8, 4) is 20.9 Å². The predicted molar refractivity (Wildman–Crippen MR) is 303 cm³/mol. The highest BCUT2D eigenvalue weighted by molar-refractivity contribution is 9.11. The summed E-state index contributed by atoms with van der Waals surface area (Å²) in [6.45, 7) is 9.14. The van der Waals surface area contributed by atoms with Gasteiger partial charge in [0, 0.05) is 9.75 Å². The number of aromatic nitrogens is 2. The molecule has 0 saturated heterocycles. The normalized spacial score (nSPS) is 12.8. The number of rotatable bonds is 42. The van der Waals surface area contributed by atoms with Crippen molar-refractivity contribution in [2.24, 2.45) is 11.8 Å². The number of hydrogen-bond donors (Lipinski definition) is 0. The molecule has 0 bridgehead atoms. The molecule has 2 atom stereocenters. The van der Waals surface area contributed by atoms with Gasteiger partial charge in [-0.2, -0.15) is 8.75 Å².